The molecule has 0 spiro atoms. The number of carbonyl (C=O) groups excluding carboxylic acids is 1. The highest BCUT2D eigenvalue weighted by molar-refractivity contribution is 5.98. The summed E-state index contributed by atoms with van der Waals surface area (Å²) in [6.45, 7) is -0.373. The van der Waals surface area contributed by atoms with Gasteiger partial charge in [0, 0.05) is 12.2 Å². The third-order valence-electron chi connectivity index (χ3n) is 2.40. The summed E-state index contributed by atoms with van der Waals surface area (Å²) in [5.74, 6) is -2.14. The minimum Gasteiger partial charge on any atom is -0.480 e. The van der Waals surface area contributed by atoms with Crippen molar-refractivity contribution < 1.29 is 32.6 Å². The van der Waals surface area contributed by atoms with Gasteiger partial charge in [-0.3, -0.25) is 4.79 Å². The fourth-order valence-corrected chi connectivity index (χ4v) is 1.50. The normalized spacial score (nSPS) is 11.2. The summed E-state index contributed by atoms with van der Waals surface area (Å²) in [4.78, 5) is 21.4. The van der Waals surface area contributed by atoms with Crippen LogP contribution >= 0.6 is 0 Å². The number of alkyl halides is 3. The van der Waals surface area contributed by atoms with Crippen LogP contribution in [0.3, 0.4) is 0 Å². The zero-order valence-electron chi connectivity index (χ0n) is 10.7. The predicted octanol–water partition coefficient (Wildman–Crippen LogP) is 1.32. The van der Waals surface area contributed by atoms with Gasteiger partial charge in [0.15, 0.2) is 0 Å². The quantitative estimate of drug-likeness (QED) is 0.659. The van der Waals surface area contributed by atoms with Crippen molar-refractivity contribution in [1.29, 1.82) is 0 Å². The maximum Gasteiger partial charge on any atom is 0.416 e. The maximum absolute atomic E-state index is 12.5. The number of nitrogens with one attached hydrogen (secondary N) is 1. The molecule has 0 saturated carbocycles. The van der Waals surface area contributed by atoms with Crippen molar-refractivity contribution in [3.63, 3.8) is 0 Å². The van der Waals surface area contributed by atoms with Gasteiger partial charge in [-0.05, 0) is 18.2 Å². The van der Waals surface area contributed by atoms with Gasteiger partial charge in [0.1, 0.15) is 6.61 Å². The van der Waals surface area contributed by atoms with Gasteiger partial charge in [0.25, 0.3) is 5.91 Å². The van der Waals surface area contributed by atoms with Crippen LogP contribution in [-0.2, 0) is 15.7 Å². The summed E-state index contributed by atoms with van der Waals surface area (Å²) in [5, 5.41) is 11.0. The van der Waals surface area contributed by atoms with Crippen LogP contribution in [0.15, 0.2) is 18.2 Å². The number of hydrogen-bond acceptors (Lipinski definition) is 4. The second-order valence-corrected chi connectivity index (χ2v) is 4.00. The Bertz CT molecular complexity index is 532. The van der Waals surface area contributed by atoms with Crippen molar-refractivity contribution in [1.82, 2.24) is 0 Å². The fourth-order valence-electron chi connectivity index (χ4n) is 1.50. The van der Waals surface area contributed by atoms with E-state index in [0.29, 0.717) is 6.07 Å². The van der Waals surface area contributed by atoms with Gasteiger partial charge in [-0.2, -0.15) is 13.2 Å². The lowest BCUT2D eigenvalue weighted by Gasteiger charge is -2.13. The number of carbonyl (C=O) groups is 2. The summed E-state index contributed by atoms with van der Waals surface area (Å²) < 4.78 is 42.4. The molecule has 0 fully saturated rings. The van der Waals surface area contributed by atoms with Crippen LogP contribution in [0.25, 0.3) is 0 Å². The Hall–Kier alpha value is -2.29. The minimum absolute atomic E-state index is 0.00548. The second-order valence-electron chi connectivity index (χ2n) is 4.00. The van der Waals surface area contributed by atoms with Crippen molar-refractivity contribution in [3.05, 3.63) is 29.3 Å². The van der Waals surface area contributed by atoms with Gasteiger partial charge < -0.3 is 20.9 Å². The number of nitrogens with two attached hydrogens (primary N) is 1. The molecule has 9 heteroatoms. The minimum atomic E-state index is -4.58. The van der Waals surface area contributed by atoms with E-state index in [1.54, 1.807) is 0 Å². The Labute approximate surface area is 117 Å². The van der Waals surface area contributed by atoms with E-state index in [0.717, 1.165) is 12.1 Å². The Morgan fingerprint density at radius 1 is 1.33 bits per heavy atom. The number of aliphatic carboxylic acids is 1. The van der Waals surface area contributed by atoms with Crippen molar-refractivity contribution in [3.8, 4) is 0 Å². The lowest BCUT2D eigenvalue weighted by molar-refractivity contribution is -0.142. The standard InChI is InChI=1S/C12H13F3N2O4/c13-12(14,15)7-1-2-9(8(5-7)11(16)20)17-3-4-21-6-10(18)19/h1-2,5,17H,3-4,6H2,(H2,16,20)(H,18,19). The number of ether oxygens (including phenoxy) is 1. The number of benzene rings is 1. The summed E-state index contributed by atoms with van der Waals surface area (Å²) in [7, 11) is 0. The highest BCUT2D eigenvalue weighted by Crippen LogP contribution is 2.31. The van der Waals surface area contributed by atoms with E-state index in [9.17, 15) is 22.8 Å². The maximum atomic E-state index is 12.5. The molecule has 21 heavy (non-hydrogen) atoms. The van der Waals surface area contributed by atoms with E-state index >= 15 is 0 Å². The van der Waals surface area contributed by atoms with Gasteiger partial charge in [0.05, 0.1) is 17.7 Å². The monoisotopic (exact) mass is 306 g/mol. The number of anilines is 1. The lowest BCUT2D eigenvalue weighted by atomic mass is 10.1. The topological polar surface area (TPSA) is 102 Å². The number of carboxylic acids is 1. The smallest absolute Gasteiger partial charge is 0.416 e. The van der Waals surface area contributed by atoms with Crippen molar-refractivity contribution in [2.75, 3.05) is 25.1 Å². The Morgan fingerprint density at radius 2 is 2.00 bits per heavy atom. The molecule has 0 bridgehead atoms. The Balaban J connectivity index is 2.74. The van der Waals surface area contributed by atoms with Crippen molar-refractivity contribution in [2.45, 2.75) is 6.18 Å². The van der Waals surface area contributed by atoms with E-state index in [1.807, 2.05) is 0 Å². The molecule has 1 aromatic rings. The molecule has 1 rings (SSSR count). The summed E-state index contributed by atoms with van der Waals surface area (Å²) in [6, 6.07) is 2.55. The number of rotatable bonds is 7. The highest BCUT2D eigenvalue weighted by Gasteiger charge is 2.31. The van der Waals surface area contributed by atoms with E-state index < -0.39 is 30.2 Å². The average Bonchev–Trinajstić information content (AvgIpc) is 2.36. The molecule has 0 radical (unpaired) electrons. The first-order valence-corrected chi connectivity index (χ1v) is 5.76. The Kier molecular flexibility index (Phi) is 5.53. The van der Waals surface area contributed by atoms with Gasteiger partial charge in [-0.25, -0.2) is 4.79 Å². The molecule has 0 aliphatic carbocycles. The van der Waals surface area contributed by atoms with Crippen molar-refractivity contribution >= 4 is 17.6 Å². The molecule has 0 saturated heterocycles. The van der Waals surface area contributed by atoms with Gasteiger partial charge in [-0.1, -0.05) is 0 Å². The van der Waals surface area contributed by atoms with Crippen LogP contribution in [-0.4, -0.2) is 36.7 Å². The molecule has 6 nitrogen and oxygen atoms in total. The molecule has 0 unspecified atom stereocenters. The first-order chi connectivity index (χ1) is 9.71. The fraction of sp³-hybridized carbons (Fsp3) is 0.333. The molecule has 0 aliphatic rings. The summed E-state index contributed by atoms with van der Waals surface area (Å²) in [6.07, 6.45) is -4.58. The van der Waals surface area contributed by atoms with Crippen molar-refractivity contribution in [2.24, 2.45) is 5.73 Å². The van der Waals surface area contributed by atoms with Crippen LogP contribution in [0.1, 0.15) is 15.9 Å². The van der Waals surface area contributed by atoms with Gasteiger partial charge in [0.2, 0.25) is 0 Å². The van der Waals surface area contributed by atoms with Crippen LogP contribution < -0.4 is 11.1 Å². The van der Waals surface area contributed by atoms with E-state index in [1.165, 1.54) is 0 Å². The first kappa shape index (κ1) is 16.8. The molecule has 0 atom stereocenters. The largest absolute Gasteiger partial charge is 0.480 e. The first-order valence-electron chi connectivity index (χ1n) is 5.76. The zero-order valence-corrected chi connectivity index (χ0v) is 10.7. The number of hydrogen-bond donors (Lipinski definition) is 3. The number of carboxylic acid groups (broad SMARTS) is 1. The molecule has 1 aromatic carbocycles. The van der Waals surface area contributed by atoms with E-state index in [4.69, 9.17) is 15.6 Å². The number of halogens is 3. The molecule has 0 heterocycles. The summed E-state index contributed by atoms with van der Waals surface area (Å²) in [5.41, 5.74) is 3.88. The van der Waals surface area contributed by atoms with Gasteiger partial charge >= 0.3 is 12.1 Å². The molecule has 1 amide bonds. The van der Waals surface area contributed by atoms with Crippen LogP contribution in [0.5, 0.6) is 0 Å². The van der Waals surface area contributed by atoms with Crippen LogP contribution in [0.4, 0.5) is 18.9 Å². The number of primary amides is 1. The van der Waals surface area contributed by atoms with Crippen LogP contribution in [0, 0.1) is 0 Å². The molecule has 4 N–H and O–H groups in total. The third-order valence-corrected chi connectivity index (χ3v) is 2.40. The third kappa shape index (κ3) is 5.30. The average molecular weight is 306 g/mol. The molecule has 116 valence electrons. The van der Waals surface area contributed by atoms with E-state index in [-0.39, 0.29) is 24.4 Å². The molecular weight excluding hydrogens is 293 g/mol. The molecule has 0 aliphatic heterocycles. The Morgan fingerprint density at radius 3 is 2.52 bits per heavy atom. The van der Waals surface area contributed by atoms with Crippen LogP contribution in [0.2, 0.25) is 0 Å². The highest BCUT2D eigenvalue weighted by atomic mass is 19.4. The molecule has 0 aromatic heterocycles. The molecular formula is C12H13F3N2O4. The van der Waals surface area contributed by atoms with Gasteiger partial charge in [-0.15, -0.1) is 0 Å². The predicted molar refractivity (Wildman–Crippen MR) is 66.9 cm³/mol. The zero-order chi connectivity index (χ0) is 16.0. The lowest BCUT2D eigenvalue weighted by Crippen LogP contribution is -2.19. The SMILES string of the molecule is NC(=O)c1cc(C(F)(F)F)ccc1NCCOCC(=O)O. The second kappa shape index (κ2) is 6.93. The van der Waals surface area contributed by atoms with E-state index in [2.05, 4.69) is 5.32 Å². The number of amides is 1. The summed E-state index contributed by atoms with van der Waals surface area (Å²) >= 11 is 0.